The van der Waals surface area contributed by atoms with Crippen LogP contribution in [0.25, 0.3) is 10.9 Å². The Bertz CT molecular complexity index is 868. The summed E-state index contributed by atoms with van der Waals surface area (Å²) in [6.45, 7) is 12.2. The molecule has 0 aliphatic carbocycles. The Kier molecular flexibility index (Phi) is 5.82. The summed E-state index contributed by atoms with van der Waals surface area (Å²) in [6, 6.07) is 9.95. The average molecular weight is 384 g/mol. The van der Waals surface area contributed by atoms with E-state index in [0.717, 1.165) is 23.7 Å². The monoisotopic (exact) mass is 383 g/mol. The Hall–Kier alpha value is -2.30. The Morgan fingerprint density at radius 1 is 1.14 bits per heavy atom. The van der Waals surface area contributed by atoms with Gasteiger partial charge in [-0.05, 0) is 43.7 Å². The van der Waals surface area contributed by atoms with E-state index in [1.807, 2.05) is 41.8 Å². The summed E-state index contributed by atoms with van der Waals surface area (Å²) in [5.41, 5.74) is 0.797. The number of amides is 2. The molecule has 0 saturated carbocycles. The maximum absolute atomic E-state index is 13.4. The number of hydrogen-bond donors (Lipinski definition) is 1. The van der Waals surface area contributed by atoms with E-state index in [9.17, 15) is 9.59 Å². The minimum absolute atomic E-state index is 0.0513. The van der Waals surface area contributed by atoms with Gasteiger partial charge in [0, 0.05) is 24.0 Å². The third-order valence-corrected chi connectivity index (χ3v) is 5.76. The summed E-state index contributed by atoms with van der Waals surface area (Å²) in [4.78, 5) is 28.5. The fourth-order valence-electron chi connectivity index (χ4n) is 3.91. The number of para-hydroxylation sites is 1. The van der Waals surface area contributed by atoms with Gasteiger partial charge in [0.1, 0.15) is 11.2 Å². The largest absolute Gasteiger partial charge is 0.354 e. The molecule has 152 valence electrons. The number of aromatic nitrogens is 1. The number of fused-ring (bicyclic) bond motifs is 3. The molecule has 5 heteroatoms. The van der Waals surface area contributed by atoms with E-state index < -0.39 is 5.54 Å². The number of carbonyl (C=O) groups excluding carboxylic acids is 2. The lowest BCUT2D eigenvalue weighted by Gasteiger charge is -2.44. The molecule has 2 heterocycles. The fourth-order valence-corrected chi connectivity index (χ4v) is 3.91. The second kappa shape index (κ2) is 7.98. The van der Waals surface area contributed by atoms with Crippen molar-refractivity contribution in [2.75, 3.05) is 13.1 Å². The molecule has 0 spiro atoms. The number of hydrogen-bond acceptors (Lipinski definition) is 2. The van der Waals surface area contributed by atoms with Crippen LogP contribution in [0.1, 0.15) is 57.9 Å². The zero-order valence-electron chi connectivity index (χ0n) is 17.8. The molecule has 1 aliphatic heterocycles. The molecule has 1 atom stereocenters. The summed E-state index contributed by atoms with van der Waals surface area (Å²) in [5.74, 6) is 0.880. The zero-order chi connectivity index (χ0) is 20.5. The highest BCUT2D eigenvalue weighted by Crippen LogP contribution is 2.32. The Balaban J connectivity index is 1.97. The van der Waals surface area contributed by atoms with E-state index in [1.165, 1.54) is 0 Å². The van der Waals surface area contributed by atoms with Crippen LogP contribution in [0.3, 0.4) is 0 Å². The number of benzene rings is 1. The zero-order valence-corrected chi connectivity index (χ0v) is 17.8. The van der Waals surface area contributed by atoms with Crippen LogP contribution in [0.2, 0.25) is 0 Å². The molecule has 1 aliphatic rings. The standard InChI is InChI=1S/C23H33N3O2/c1-16(2)10-12-24-22(28)23(5)15-25-19-9-7-6-8-18(19)14-20(25)21(27)26(23)13-11-17(3)4/h6-9,14,16-17H,10-13,15H2,1-5H3,(H,24,28). The van der Waals surface area contributed by atoms with Gasteiger partial charge in [-0.1, -0.05) is 45.9 Å². The van der Waals surface area contributed by atoms with Crippen molar-refractivity contribution in [3.8, 4) is 0 Å². The number of carbonyl (C=O) groups is 2. The molecule has 0 bridgehead atoms. The second-order valence-electron chi connectivity index (χ2n) is 9.03. The molecular weight excluding hydrogens is 350 g/mol. The van der Waals surface area contributed by atoms with E-state index in [0.29, 0.717) is 37.2 Å². The van der Waals surface area contributed by atoms with Gasteiger partial charge in [0.05, 0.1) is 6.54 Å². The molecule has 0 radical (unpaired) electrons. The van der Waals surface area contributed by atoms with Gasteiger partial charge in [-0.2, -0.15) is 0 Å². The summed E-state index contributed by atoms with van der Waals surface area (Å²) in [7, 11) is 0. The molecule has 1 aromatic carbocycles. The van der Waals surface area contributed by atoms with E-state index in [4.69, 9.17) is 0 Å². The van der Waals surface area contributed by atoms with Crippen molar-refractivity contribution in [2.24, 2.45) is 11.8 Å². The quantitative estimate of drug-likeness (QED) is 0.784. The third kappa shape index (κ3) is 3.80. The van der Waals surface area contributed by atoms with Crippen LogP contribution < -0.4 is 5.32 Å². The molecule has 1 unspecified atom stereocenters. The SMILES string of the molecule is CC(C)CCNC(=O)C1(C)Cn2c(cc3ccccc32)C(=O)N1CCC(C)C. The van der Waals surface area contributed by atoms with Gasteiger partial charge in [0.2, 0.25) is 5.91 Å². The number of nitrogens with one attached hydrogen (secondary N) is 1. The summed E-state index contributed by atoms with van der Waals surface area (Å²) >= 11 is 0. The Labute approximate surface area is 168 Å². The smallest absolute Gasteiger partial charge is 0.271 e. The molecule has 2 amide bonds. The molecule has 2 aromatic rings. The van der Waals surface area contributed by atoms with Crippen LogP contribution in [0.5, 0.6) is 0 Å². The van der Waals surface area contributed by atoms with Gasteiger partial charge < -0.3 is 14.8 Å². The van der Waals surface area contributed by atoms with Crippen molar-refractivity contribution in [1.29, 1.82) is 0 Å². The fraction of sp³-hybridized carbons (Fsp3) is 0.565. The molecule has 3 rings (SSSR count). The summed E-state index contributed by atoms with van der Waals surface area (Å²) < 4.78 is 2.02. The molecule has 1 aromatic heterocycles. The van der Waals surface area contributed by atoms with E-state index in [2.05, 4.69) is 33.0 Å². The number of rotatable bonds is 7. The first-order valence-electron chi connectivity index (χ1n) is 10.4. The van der Waals surface area contributed by atoms with Crippen molar-refractivity contribution < 1.29 is 9.59 Å². The van der Waals surface area contributed by atoms with E-state index >= 15 is 0 Å². The van der Waals surface area contributed by atoms with E-state index in [1.54, 1.807) is 4.90 Å². The molecule has 5 nitrogen and oxygen atoms in total. The molecule has 0 saturated heterocycles. The van der Waals surface area contributed by atoms with Crippen molar-refractivity contribution in [1.82, 2.24) is 14.8 Å². The minimum Gasteiger partial charge on any atom is -0.354 e. The highest BCUT2D eigenvalue weighted by molar-refractivity contribution is 6.03. The first-order chi connectivity index (χ1) is 13.2. The van der Waals surface area contributed by atoms with Crippen LogP contribution in [0.4, 0.5) is 0 Å². The second-order valence-corrected chi connectivity index (χ2v) is 9.03. The molecule has 1 N–H and O–H groups in total. The summed E-state index contributed by atoms with van der Waals surface area (Å²) in [6.07, 6.45) is 1.81. The predicted molar refractivity (Wildman–Crippen MR) is 113 cm³/mol. The first kappa shape index (κ1) is 20.4. The lowest BCUT2D eigenvalue weighted by atomic mass is 9.93. The third-order valence-electron chi connectivity index (χ3n) is 5.76. The van der Waals surface area contributed by atoms with Gasteiger partial charge in [-0.3, -0.25) is 9.59 Å². The van der Waals surface area contributed by atoms with Crippen molar-refractivity contribution in [3.05, 3.63) is 36.0 Å². The Morgan fingerprint density at radius 3 is 2.50 bits per heavy atom. The van der Waals surface area contributed by atoms with Gasteiger partial charge in [0.25, 0.3) is 5.91 Å². The van der Waals surface area contributed by atoms with Crippen molar-refractivity contribution >= 4 is 22.7 Å². The van der Waals surface area contributed by atoms with Gasteiger partial charge >= 0.3 is 0 Å². The van der Waals surface area contributed by atoms with Crippen LogP contribution in [0, 0.1) is 11.8 Å². The van der Waals surface area contributed by atoms with Gasteiger partial charge in [-0.25, -0.2) is 0 Å². The maximum Gasteiger partial charge on any atom is 0.271 e. The topological polar surface area (TPSA) is 54.3 Å². The lowest BCUT2D eigenvalue weighted by molar-refractivity contribution is -0.132. The summed E-state index contributed by atoms with van der Waals surface area (Å²) in [5, 5.41) is 4.13. The maximum atomic E-state index is 13.4. The molecular formula is C23H33N3O2. The highest BCUT2D eigenvalue weighted by atomic mass is 16.2. The predicted octanol–water partition coefficient (Wildman–Crippen LogP) is 4.06. The average Bonchev–Trinajstić information content (AvgIpc) is 2.99. The molecule has 28 heavy (non-hydrogen) atoms. The van der Waals surface area contributed by atoms with Crippen LogP contribution in [-0.4, -0.2) is 39.9 Å². The van der Waals surface area contributed by atoms with Gasteiger partial charge in [-0.15, -0.1) is 0 Å². The van der Waals surface area contributed by atoms with Crippen LogP contribution >= 0.6 is 0 Å². The van der Waals surface area contributed by atoms with Gasteiger partial charge in [0.15, 0.2) is 0 Å². The molecule has 0 fully saturated rings. The van der Waals surface area contributed by atoms with E-state index in [-0.39, 0.29) is 11.8 Å². The van der Waals surface area contributed by atoms with Crippen LogP contribution in [-0.2, 0) is 11.3 Å². The normalized spacial score (nSPS) is 19.5. The minimum atomic E-state index is -0.891. The lowest BCUT2D eigenvalue weighted by Crippen LogP contribution is -2.64. The van der Waals surface area contributed by atoms with Crippen molar-refractivity contribution in [3.63, 3.8) is 0 Å². The van der Waals surface area contributed by atoms with Crippen LogP contribution in [0.15, 0.2) is 30.3 Å². The van der Waals surface area contributed by atoms with Crippen molar-refractivity contribution in [2.45, 2.75) is 59.5 Å². The highest BCUT2D eigenvalue weighted by Gasteiger charge is 2.47. The Morgan fingerprint density at radius 2 is 1.82 bits per heavy atom. The first-order valence-corrected chi connectivity index (χ1v) is 10.4. The number of nitrogens with zero attached hydrogens (tertiary/aromatic N) is 2.